The third-order valence-electron chi connectivity index (χ3n) is 3.68. The molecule has 1 fully saturated rings. The Hall–Kier alpha value is -1.46. The van der Waals surface area contributed by atoms with Crippen LogP contribution in [0.5, 0.6) is 0 Å². The molecule has 1 unspecified atom stereocenters. The standard InChI is InChI=1S/C14H21ClN4O/c1-2-19-5-3-4-10(8-19)18-13-11(14(17)20)6-9(16)7-12(13)15/h6-7,10,18H,2-5,8,16H2,1H3,(H2,17,20). The summed E-state index contributed by atoms with van der Waals surface area (Å²) >= 11 is 6.20. The molecule has 0 aromatic heterocycles. The van der Waals surface area contributed by atoms with Crippen LogP contribution in [0, 0.1) is 0 Å². The van der Waals surface area contributed by atoms with Gasteiger partial charge >= 0.3 is 0 Å². The van der Waals surface area contributed by atoms with E-state index in [4.69, 9.17) is 23.1 Å². The third-order valence-corrected chi connectivity index (χ3v) is 3.98. The average Bonchev–Trinajstić information content (AvgIpc) is 2.41. The molecule has 0 radical (unpaired) electrons. The molecule has 6 heteroatoms. The van der Waals surface area contributed by atoms with E-state index >= 15 is 0 Å². The Balaban J connectivity index is 2.22. The van der Waals surface area contributed by atoms with Gasteiger partial charge in [-0.2, -0.15) is 0 Å². The summed E-state index contributed by atoms with van der Waals surface area (Å²) in [6.45, 7) is 5.23. The number of nitrogen functional groups attached to an aromatic ring is 1. The number of anilines is 2. The number of hydrogen-bond donors (Lipinski definition) is 3. The Morgan fingerprint density at radius 1 is 1.55 bits per heavy atom. The zero-order valence-electron chi connectivity index (χ0n) is 11.7. The zero-order chi connectivity index (χ0) is 14.7. The molecular weight excluding hydrogens is 276 g/mol. The van der Waals surface area contributed by atoms with Crippen LogP contribution in [-0.4, -0.2) is 36.5 Å². The number of likely N-dealkylation sites (N-methyl/N-ethyl adjacent to an activating group) is 1. The van der Waals surface area contributed by atoms with Crippen molar-refractivity contribution in [1.29, 1.82) is 0 Å². The molecule has 1 aliphatic rings. The predicted octanol–water partition coefficient (Wildman–Crippen LogP) is 1.92. The van der Waals surface area contributed by atoms with Crippen LogP contribution in [0.25, 0.3) is 0 Å². The van der Waals surface area contributed by atoms with Gasteiger partial charge in [0.2, 0.25) is 0 Å². The zero-order valence-corrected chi connectivity index (χ0v) is 12.4. The molecule has 0 spiro atoms. The molecule has 2 rings (SSSR count). The smallest absolute Gasteiger partial charge is 0.250 e. The number of piperidine rings is 1. The number of amides is 1. The number of nitrogens with two attached hydrogens (primary N) is 2. The van der Waals surface area contributed by atoms with E-state index in [1.165, 1.54) is 0 Å². The first-order valence-corrected chi connectivity index (χ1v) is 7.26. The molecule has 0 saturated carbocycles. The van der Waals surface area contributed by atoms with E-state index in [2.05, 4.69) is 17.1 Å². The van der Waals surface area contributed by atoms with Gasteiger partial charge in [0.1, 0.15) is 0 Å². The second kappa shape index (κ2) is 6.33. The summed E-state index contributed by atoms with van der Waals surface area (Å²) in [5, 5.41) is 3.80. The van der Waals surface area contributed by atoms with Crippen LogP contribution in [0.3, 0.4) is 0 Å². The lowest BCUT2D eigenvalue weighted by Gasteiger charge is -2.33. The number of carbonyl (C=O) groups excluding carboxylic acids is 1. The van der Waals surface area contributed by atoms with Crippen LogP contribution in [0.4, 0.5) is 11.4 Å². The topological polar surface area (TPSA) is 84.4 Å². The first-order valence-electron chi connectivity index (χ1n) is 6.89. The predicted molar refractivity (Wildman–Crippen MR) is 83.1 cm³/mol. The van der Waals surface area contributed by atoms with Gasteiger partial charge in [0.15, 0.2) is 0 Å². The molecule has 0 bridgehead atoms. The summed E-state index contributed by atoms with van der Waals surface area (Å²) in [4.78, 5) is 13.9. The van der Waals surface area contributed by atoms with Gasteiger partial charge in [0.25, 0.3) is 5.91 Å². The Morgan fingerprint density at radius 3 is 2.95 bits per heavy atom. The van der Waals surface area contributed by atoms with E-state index in [0.29, 0.717) is 22.0 Å². The molecule has 1 aliphatic heterocycles. The highest BCUT2D eigenvalue weighted by Gasteiger charge is 2.21. The Morgan fingerprint density at radius 2 is 2.30 bits per heavy atom. The summed E-state index contributed by atoms with van der Waals surface area (Å²) in [6.07, 6.45) is 2.18. The van der Waals surface area contributed by atoms with E-state index in [-0.39, 0.29) is 6.04 Å². The molecule has 5 nitrogen and oxygen atoms in total. The van der Waals surface area contributed by atoms with Gasteiger partial charge in [-0.1, -0.05) is 18.5 Å². The number of halogens is 1. The van der Waals surface area contributed by atoms with E-state index in [0.717, 1.165) is 32.5 Å². The van der Waals surface area contributed by atoms with E-state index in [1.807, 2.05) is 0 Å². The van der Waals surface area contributed by atoms with Crippen molar-refractivity contribution < 1.29 is 4.79 Å². The fourth-order valence-corrected chi connectivity index (χ4v) is 2.92. The van der Waals surface area contributed by atoms with Crippen LogP contribution in [-0.2, 0) is 0 Å². The van der Waals surface area contributed by atoms with Crippen molar-refractivity contribution in [3.8, 4) is 0 Å². The lowest BCUT2D eigenvalue weighted by Crippen LogP contribution is -2.42. The van der Waals surface area contributed by atoms with Gasteiger partial charge in [-0.3, -0.25) is 4.79 Å². The molecular formula is C14H21ClN4O. The summed E-state index contributed by atoms with van der Waals surface area (Å²) in [5.41, 5.74) is 12.5. The second-order valence-electron chi connectivity index (χ2n) is 5.17. The summed E-state index contributed by atoms with van der Waals surface area (Å²) in [5.74, 6) is -0.523. The van der Waals surface area contributed by atoms with Crippen LogP contribution >= 0.6 is 11.6 Å². The first-order chi connectivity index (χ1) is 9.51. The second-order valence-corrected chi connectivity index (χ2v) is 5.57. The normalized spacial score (nSPS) is 19.8. The van der Waals surface area contributed by atoms with Crippen molar-refractivity contribution in [2.24, 2.45) is 5.73 Å². The van der Waals surface area contributed by atoms with Crippen LogP contribution in [0.15, 0.2) is 12.1 Å². The van der Waals surface area contributed by atoms with Crippen LogP contribution in [0.1, 0.15) is 30.1 Å². The minimum atomic E-state index is -0.523. The molecule has 110 valence electrons. The van der Waals surface area contributed by atoms with Gasteiger partial charge in [-0.15, -0.1) is 0 Å². The van der Waals surface area contributed by atoms with E-state index < -0.39 is 5.91 Å². The van der Waals surface area contributed by atoms with E-state index in [9.17, 15) is 4.79 Å². The third kappa shape index (κ3) is 3.35. The highest BCUT2D eigenvalue weighted by molar-refractivity contribution is 6.34. The maximum atomic E-state index is 11.5. The Labute approximate surface area is 124 Å². The summed E-state index contributed by atoms with van der Waals surface area (Å²) in [7, 11) is 0. The monoisotopic (exact) mass is 296 g/mol. The number of carbonyl (C=O) groups is 1. The maximum Gasteiger partial charge on any atom is 0.250 e. The molecule has 1 aromatic rings. The first kappa shape index (κ1) is 14.9. The van der Waals surface area contributed by atoms with Crippen molar-refractivity contribution >= 4 is 28.9 Å². The molecule has 1 aromatic carbocycles. The van der Waals surface area contributed by atoms with Gasteiger partial charge < -0.3 is 21.7 Å². The van der Waals surface area contributed by atoms with Gasteiger partial charge in [0.05, 0.1) is 16.3 Å². The maximum absolute atomic E-state index is 11.5. The van der Waals surface area contributed by atoms with Gasteiger partial charge in [0, 0.05) is 18.3 Å². The number of likely N-dealkylation sites (tertiary alicyclic amines) is 1. The van der Waals surface area contributed by atoms with Crippen molar-refractivity contribution in [3.63, 3.8) is 0 Å². The fourth-order valence-electron chi connectivity index (χ4n) is 2.63. The number of hydrogen-bond acceptors (Lipinski definition) is 4. The molecule has 20 heavy (non-hydrogen) atoms. The molecule has 1 atom stereocenters. The molecule has 1 heterocycles. The molecule has 1 amide bonds. The van der Waals surface area contributed by atoms with Crippen molar-refractivity contribution in [1.82, 2.24) is 4.90 Å². The molecule has 5 N–H and O–H groups in total. The quantitative estimate of drug-likeness (QED) is 0.741. The summed E-state index contributed by atoms with van der Waals surface area (Å²) in [6, 6.07) is 3.47. The largest absolute Gasteiger partial charge is 0.399 e. The Bertz CT molecular complexity index is 506. The highest BCUT2D eigenvalue weighted by atomic mass is 35.5. The minimum Gasteiger partial charge on any atom is -0.399 e. The van der Waals surface area contributed by atoms with Crippen molar-refractivity contribution in [2.45, 2.75) is 25.8 Å². The number of nitrogens with one attached hydrogen (secondary N) is 1. The van der Waals surface area contributed by atoms with Crippen LogP contribution in [0.2, 0.25) is 5.02 Å². The molecule has 0 aliphatic carbocycles. The SMILES string of the molecule is CCN1CCCC(Nc2c(Cl)cc(N)cc2C(N)=O)C1. The van der Waals surface area contributed by atoms with Crippen molar-refractivity contribution in [3.05, 3.63) is 22.7 Å². The van der Waals surface area contributed by atoms with Gasteiger partial charge in [-0.25, -0.2) is 0 Å². The highest BCUT2D eigenvalue weighted by Crippen LogP contribution is 2.30. The van der Waals surface area contributed by atoms with Crippen LogP contribution < -0.4 is 16.8 Å². The minimum absolute atomic E-state index is 0.267. The summed E-state index contributed by atoms with van der Waals surface area (Å²) < 4.78 is 0. The number of rotatable bonds is 4. The number of nitrogens with zero attached hydrogens (tertiary/aromatic N) is 1. The Kier molecular flexibility index (Phi) is 4.73. The lowest BCUT2D eigenvalue weighted by molar-refractivity contribution is 0.100. The van der Waals surface area contributed by atoms with Crippen molar-refractivity contribution in [2.75, 3.05) is 30.7 Å². The lowest BCUT2D eigenvalue weighted by atomic mass is 10.0. The van der Waals surface area contributed by atoms with E-state index in [1.54, 1.807) is 12.1 Å². The number of primary amides is 1. The molecule has 1 saturated heterocycles. The fraction of sp³-hybridized carbons (Fsp3) is 0.500. The van der Waals surface area contributed by atoms with Gasteiger partial charge in [-0.05, 0) is 38.1 Å². The average molecular weight is 297 g/mol. The number of benzene rings is 1.